The number of rotatable bonds is 4. The highest BCUT2D eigenvalue weighted by Crippen LogP contribution is 2.38. The maximum absolute atomic E-state index is 12.1. The van der Waals surface area contributed by atoms with Crippen LogP contribution < -0.4 is 0 Å². The molecular weight excluding hydrogens is 280 g/mol. The molecule has 0 aliphatic heterocycles. The second-order valence-electron chi connectivity index (χ2n) is 5.52. The summed E-state index contributed by atoms with van der Waals surface area (Å²) in [4.78, 5) is 12.1. The van der Waals surface area contributed by atoms with E-state index in [0.29, 0.717) is 24.3 Å². The van der Waals surface area contributed by atoms with Gasteiger partial charge in [-0.3, -0.25) is 4.79 Å². The molecule has 0 amide bonds. The van der Waals surface area contributed by atoms with E-state index in [9.17, 15) is 10.1 Å². The van der Waals surface area contributed by atoms with Crippen molar-refractivity contribution >= 4 is 5.97 Å². The molecular formula is C17H16N2O3. The largest absolute Gasteiger partial charge is 0.456 e. The molecule has 2 aromatic rings. The lowest BCUT2D eigenvalue weighted by molar-refractivity contribution is -0.154. The molecule has 1 aliphatic carbocycles. The van der Waals surface area contributed by atoms with Crippen LogP contribution in [0.3, 0.4) is 0 Å². The van der Waals surface area contributed by atoms with Gasteiger partial charge in [-0.25, -0.2) is 0 Å². The van der Waals surface area contributed by atoms with Crippen molar-refractivity contribution in [2.24, 2.45) is 5.41 Å². The minimum absolute atomic E-state index is 0.00208. The number of nitrogens with zero attached hydrogens (tertiary/aromatic N) is 2. The van der Waals surface area contributed by atoms with Gasteiger partial charge in [0.1, 0.15) is 5.69 Å². The molecule has 22 heavy (non-hydrogen) atoms. The Hall–Kier alpha value is -2.61. The molecule has 0 spiro atoms. The van der Waals surface area contributed by atoms with Crippen LogP contribution in [0.4, 0.5) is 0 Å². The van der Waals surface area contributed by atoms with Gasteiger partial charge in [0.25, 0.3) is 0 Å². The topological polar surface area (TPSA) is 76.1 Å². The summed E-state index contributed by atoms with van der Waals surface area (Å²) < 4.78 is 10.4. The lowest BCUT2D eigenvalue weighted by atomic mass is 9.88. The first-order valence-electron chi connectivity index (χ1n) is 7.33. The van der Waals surface area contributed by atoms with Crippen LogP contribution in [-0.4, -0.2) is 11.1 Å². The Morgan fingerprint density at radius 2 is 2.05 bits per heavy atom. The van der Waals surface area contributed by atoms with E-state index in [4.69, 9.17) is 9.26 Å². The molecule has 5 nitrogen and oxygen atoms in total. The van der Waals surface area contributed by atoms with Crippen LogP contribution in [0.2, 0.25) is 0 Å². The maximum Gasteiger partial charge on any atom is 0.326 e. The van der Waals surface area contributed by atoms with Gasteiger partial charge >= 0.3 is 5.97 Å². The van der Waals surface area contributed by atoms with Crippen LogP contribution in [0, 0.1) is 16.7 Å². The Balaban J connectivity index is 1.64. The molecule has 1 aromatic carbocycles. The Kier molecular flexibility index (Phi) is 3.92. The second-order valence-corrected chi connectivity index (χ2v) is 5.52. The van der Waals surface area contributed by atoms with Gasteiger partial charge in [0, 0.05) is 11.6 Å². The van der Waals surface area contributed by atoms with Crippen molar-refractivity contribution in [3.05, 3.63) is 42.2 Å². The molecule has 0 bridgehead atoms. The van der Waals surface area contributed by atoms with Gasteiger partial charge in [-0.2, -0.15) is 5.26 Å². The van der Waals surface area contributed by atoms with E-state index in [-0.39, 0.29) is 6.61 Å². The van der Waals surface area contributed by atoms with Crippen molar-refractivity contribution in [2.75, 3.05) is 0 Å². The van der Waals surface area contributed by atoms with Gasteiger partial charge in [-0.15, -0.1) is 0 Å². The zero-order valence-electron chi connectivity index (χ0n) is 12.1. The van der Waals surface area contributed by atoms with Crippen molar-refractivity contribution in [2.45, 2.75) is 32.3 Å². The lowest BCUT2D eigenvalue weighted by Crippen LogP contribution is -2.28. The minimum Gasteiger partial charge on any atom is -0.456 e. The van der Waals surface area contributed by atoms with E-state index < -0.39 is 11.4 Å². The van der Waals surface area contributed by atoms with E-state index in [1.165, 1.54) is 0 Å². The third-order valence-electron chi connectivity index (χ3n) is 4.04. The molecule has 3 rings (SSSR count). The fourth-order valence-corrected chi connectivity index (χ4v) is 2.74. The summed E-state index contributed by atoms with van der Waals surface area (Å²) in [6.45, 7) is 0.00208. The summed E-state index contributed by atoms with van der Waals surface area (Å²) in [7, 11) is 0. The summed E-state index contributed by atoms with van der Waals surface area (Å²) in [5.41, 5.74) is 0.665. The minimum atomic E-state index is -0.970. The Labute approximate surface area is 128 Å². The molecule has 112 valence electrons. The average molecular weight is 296 g/mol. The van der Waals surface area contributed by atoms with Crippen molar-refractivity contribution in [3.8, 4) is 17.3 Å². The molecule has 0 saturated heterocycles. The van der Waals surface area contributed by atoms with Crippen LogP contribution in [0.1, 0.15) is 31.4 Å². The predicted molar refractivity (Wildman–Crippen MR) is 78.2 cm³/mol. The average Bonchev–Trinajstić information content (AvgIpc) is 3.23. The molecule has 0 radical (unpaired) electrons. The summed E-state index contributed by atoms with van der Waals surface area (Å²) in [5, 5.41) is 13.2. The van der Waals surface area contributed by atoms with Crippen molar-refractivity contribution in [1.29, 1.82) is 5.26 Å². The van der Waals surface area contributed by atoms with Crippen LogP contribution in [0.25, 0.3) is 11.3 Å². The number of hydrogen-bond acceptors (Lipinski definition) is 5. The quantitative estimate of drug-likeness (QED) is 0.807. The highest BCUT2D eigenvalue weighted by Gasteiger charge is 2.43. The highest BCUT2D eigenvalue weighted by molar-refractivity contribution is 5.80. The van der Waals surface area contributed by atoms with Crippen molar-refractivity contribution in [1.82, 2.24) is 5.16 Å². The monoisotopic (exact) mass is 296 g/mol. The molecule has 0 N–H and O–H groups in total. The third-order valence-corrected chi connectivity index (χ3v) is 4.04. The summed E-state index contributed by atoms with van der Waals surface area (Å²) in [6.07, 6.45) is 2.94. The first-order valence-corrected chi connectivity index (χ1v) is 7.33. The summed E-state index contributed by atoms with van der Waals surface area (Å²) >= 11 is 0. The highest BCUT2D eigenvalue weighted by atomic mass is 16.6. The number of hydrogen-bond donors (Lipinski definition) is 0. The third kappa shape index (κ3) is 2.73. The van der Waals surface area contributed by atoms with Gasteiger partial charge in [-0.1, -0.05) is 48.3 Å². The summed E-state index contributed by atoms with van der Waals surface area (Å²) in [6, 6.07) is 13.5. The zero-order valence-corrected chi connectivity index (χ0v) is 12.1. The van der Waals surface area contributed by atoms with Gasteiger partial charge in [0.05, 0.1) is 6.07 Å². The predicted octanol–water partition coefficient (Wildman–Crippen LogP) is 3.47. The fraction of sp³-hybridized carbons (Fsp3) is 0.353. The number of aromatic nitrogens is 1. The number of esters is 1. The number of carbonyl (C=O) groups is 1. The summed E-state index contributed by atoms with van der Waals surface area (Å²) in [5.74, 6) is 0.0171. The van der Waals surface area contributed by atoms with E-state index in [2.05, 4.69) is 11.2 Å². The van der Waals surface area contributed by atoms with Crippen LogP contribution in [0.15, 0.2) is 40.9 Å². The first-order chi connectivity index (χ1) is 10.7. The molecule has 0 atom stereocenters. The second kappa shape index (κ2) is 6.02. The Morgan fingerprint density at radius 3 is 2.73 bits per heavy atom. The number of benzene rings is 1. The smallest absolute Gasteiger partial charge is 0.326 e. The number of ether oxygens (including phenoxy) is 1. The first kappa shape index (κ1) is 14.3. The molecule has 1 saturated carbocycles. The van der Waals surface area contributed by atoms with Gasteiger partial charge in [-0.05, 0) is 12.8 Å². The molecule has 1 aliphatic rings. The van der Waals surface area contributed by atoms with Crippen LogP contribution in [-0.2, 0) is 16.1 Å². The SMILES string of the molecule is N#CC1(C(=O)OCc2cc(-c3ccccc3)no2)CCCC1. The van der Waals surface area contributed by atoms with E-state index in [1.807, 2.05) is 30.3 Å². The van der Waals surface area contributed by atoms with Gasteiger partial charge in [0.2, 0.25) is 0 Å². The fourth-order valence-electron chi connectivity index (χ4n) is 2.74. The standard InChI is InChI=1S/C17H16N2O3/c18-12-17(8-4-5-9-17)16(20)21-11-14-10-15(19-22-14)13-6-2-1-3-7-13/h1-3,6-7,10H,4-5,8-9,11H2. The van der Waals surface area contributed by atoms with Crippen molar-refractivity contribution < 1.29 is 14.1 Å². The van der Waals surface area contributed by atoms with E-state index in [1.54, 1.807) is 6.07 Å². The molecule has 1 aromatic heterocycles. The van der Waals surface area contributed by atoms with Gasteiger partial charge in [0.15, 0.2) is 17.8 Å². The normalized spacial score (nSPS) is 16.1. The maximum atomic E-state index is 12.1. The molecule has 1 fully saturated rings. The Morgan fingerprint density at radius 1 is 1.32 bits per heavy atom. The van der Waals surface area contributed by atoms with E-state index in [0.717, 1.165) is 18.4 Å². The number of carbonyl (C=O) groups excluding carboxylic acids is 1. The molecule has 5 heteroatoms. The van der Waals surface area contributed by atoms with Crippen LogP contribution >= 0.6 is 0 Å². The molecule has 0 unspecified atom stereocenters. The lowest BCUT2D eigenvalue weighted by Gasteiger charge is -2.17. The Bertz CT molecular complexity index is 694. The van der Waals surface area contributed by atoms with Crippen molar-refractivity contribution in [3.63, 3.8) is 0 Å². The molecule has 1 heterocycles. The number of nitriles is 1. The van der Waals surface area contributed by atoms with Gasteiger partial charge < -0.3 is 9.26 Å². The zero-order chi connectivity index (χ0) is 15.4. The van der Waals surface area contributed by atoms with Crippen LogP contribution in [0.5, 0.6) is 0 Å². The van der Waals surface area contributed by atoms with E-state index >= 15 is 0 Å².